The predicted molar refractivity (Wildman–Crippen MR) is 94.0 cm³/mol. The molecule has 0 bridgehead atoms. The summed E-state index contributed by atoms with van der Waals surface area (Å²) >= 11 is 0. The highest BCUT2D eigenvalue weighted by atomic mass is 16.5. The zero-order chi connectivity index (χ0) is 16.3. The molecule has 1 unspecified atom stereocenters. The van der Waals surface area contributed by atoms with E-state index in [2.05, 4.69) is 29.1 Å². The van der Waals surface area contributed by atoms with Crippen LogP contribution >= 0.6 is 0 Å². The number of unbranched alkanes of at least 4 members (excludes halogenated alkanes) is 1. The molecule has 6 nitrogen and oxygen atoms in total. The molecule has 2 heterocycles. The van der Waals surface area contributed by atoms with Crippen LogP contribution < -0.4 is 5.32 Å². The van der Waals surface area contributed by atoms with Crippen LogP contribution in [0.4, 0.5) is 0 Å². The van der Waals surface area contributed by atoms with Crippen LogP contribution in [-0.4, -0.2) is 88.5 Å². The van der Waals surface area contributed by atoms with E-state index in [-0.39, 0.29) is 0 Å². The molecule has 2 aliphatic rings. The Morgan fingerprint density at radius 3 is 2.74 bits per heavy atom. The van der Waals surface area contributed by atoms with E-state index in [1.807, 2.05) is 0 Å². The lowest BCUT2D eigenvalue weighted by Gasteiger charge is -2.26. The molecule has 0 aromatic carbocycles. The van der Waals surface area contributed by atoms with Gasteiger partial charge in [-0.1, -0.05) is 0 Å². The van der Waals surface area contributed by atoms with Gasteiger partial charge in [-0.2, -0.15) is 0 Å². The van der Waals surface area contributed by atoms with Gasteiger partial charge < -0.3 is 19.7 Å². The Bertz CT molecular complexity index is 339. The summed E-state index contributed by atoms with van der Waals surface area (Å²) in [5.41, 5.74) is 0. The molecular formula is C17H34N4O2. The van der Waals surface area contributed by atoms with Crippen LogP contribution in [0.15, 0.2) is 4.99 Å². The molecule has 0 saturated carbocycles. The second-order valence-corrected chi connectivity index (χ2v) is 6.51. The molecule has 23 heavy (non-hydrogen) atoms. The Labute approximate surface area is 141 Å². The third-order valence-corrected chi connectivity index (χ3v) is 4.50. The summed E-state index contributed by atoms with van der Waals surface area (Å²) in [4.78, 5) is 9.53. The van der Waals surface area contributed by atoms with Crippen molar-refractivity contribution in [3.8, 4) is 0 Å². The monoisotopic (exact) mass is 326 g/mol. The summed E-state index contributed by atoms with van der Waals surface area (Å²) < 4.78 is 10.8. The standard InChI is InChI=1S/C17H34N4O2/c1-3-18-17(20(2)14-16-6-11-23-15-16)19-7-4-5-8-21-9-12-22-13-10-21/h16H,3-15H2,1-2H3,(H,18,19). The van der Waals surface area contributed by atoms with Crippen molar-refractivity contribution in [1.82, 2.24) is 15.1 Å². The van der Waals surface area contributed by atoms with E-state index >= 15 is 0 Å². The molecule has 0 aromatic heterocycles. The van der Waals surface area contributed by atoms with Gasteiger partial charge in [0.1, 0.15) is 0 Å². The number of hydrogen-bond donors (Lipinski definition) is 1. The van der Waals surface area contributed by atoms with E-state index in [9.17, 15) is 0 Å². The molecule has 6 heteroatoms. The van der Waals surface area contributed by atoms with Crippen LogP contribution in [0.25, 0.3) is 0 Å². The quantitative estimate of drug-likeness (QED) is 0.410. The van der Waals surface area contributed by atoms with Gasteiger partial charge in [-0.05, 0) is 32.7 Å². The number of nitrogens with one attached hydrogen (secondary N) is 1. The number of guanidine groups is 1. The van der Waals surface area contributed by atoms with Crippen LogP contribution in [0.2, 0.25) is 0 Å². The van der Waals surface area contributed by atoms with Gasteiger partial charge >= 0.3 is 0 Å². The lowest BCUT2D eigenvalue weighted by molar-refractivity contribution is 0.0373. The van der Waals surface area contributed by atoms with Crippen molar-refractivity contribution < 1.29 is 9.47 Å². The van der Waals surface area contributed by atoms with Crippen LogP contribution in [-0.2, 0) is 9.47 Å². The highest BCUT2D eigenvalue weighted by Crippen LogP contribution is 2.13. The Balaban J connectivity index is 1.65. The van der Waals surface area contributed by atoms with E-state index in [0.29, 0.717) is 5.92 Å². The third-order valence-electron chi connectivity index (χ3n) is 4.50. The second kappa shape index (κ2) is 10.8. The van der Waals surface area contributed by atoms with Crippen LogP contribution in [0, 0.1) is 5.92 Å². The number of ether oxygens (including phenoxy) is 2. The fourth-order valence-corrected chi connectivity index (χ4v) is 3.13. The zero-order valence-corrected chi connectivity index (χ0v) is 14.9. The van der Waals surface area contributed by atoms with Crippen molar-refractivity contribution in [1.29, 1.82) is 0 Å². The SMILES string of the molecule is CCNC(=NCCCCN1CCOCC1)N(C)CC1CCOC1. The first-order chi connectivity index (χ1) is 11.3. The van der Waals surface area contributed by atoms with Crippen molar-refractivity contribution in [3.05, 3.63) is 0 Å². The molecule has 2 saturated heterocycles. The summed E-state index contributed by atoms with van der Waals surface area (Å²) in [5.74, 6) is 1.68. The predicted octanol–water partition coefficient (Wildman–Crippen LogP) is 1.03. The topological polar surface area (TPSA) is 49.3 Å². The maximum atomic E-state index is 5.47. The number of rotatable bonds is 8. The average molecular weight is 326 g/mol. The van der Waals surface area contributed by atoms with Gasteiger partial charge in [0.15, 0.2) is 5.96 Å². The molecule has 1 atom stereocenters. The first-order valence-corrected chi connectivity index (χ1v) is 9.17. The lowest BCUT2D eigenvalue weighted by atomic mass is 10.1. The molecule has 2 fully saturated rings. The third kappa shape index (κ3) is 7.06. The molecule has 0 aliphatic carbocycles. The minimum Gasteiger partial charge on any atom is -0.381 e. The fraction of sp³-hybridized carbons (Fsp3) is 0.941. The first-order valence-electron chi connectivity index (χ1n) is 9.17. The van der Waals surface area contributed by atoms with Crippen LogP contribution in [0.1, 0.15) is 26.2 Å². The maximum absolute atomic E-state index is 5.47. The van der Waals surface area contributed by atoms with E-state index in [1.165, 1.54) is 19.4 Å². The average Bonchev–Trinajstić information content (AvgIpc) is 3.07. The molecule has 1 N–H and O–H groups in total. The summed E-state index contributed by atoms with van der Waals surface area (Å²) in [5, 5.41) is 3.40. The summed E-state index contributed by atoms with van der Waals surface area (Å²) in [6.07, 6.45) is 3.53. The molecule has 2 aliphatic heterocycles. The molecular weight excluding hydrogens is 292 g/mol. The number of hydrogen-bond acceptors (Lipinski definition) is 4. The number of morpholine rings is 1. The lowest BCUT2D eigenvalue weighted by Crippen LogP contribution is -2.41. The molecule has 0 spiro atoms. The van der Waals surface area contributed by atoms with E-state index in [1.54, 1.807) is 0 Å². The summed E-state index contributed by atoms with van der Waals surface area (Å²) in [6.45, 7) is 11.9. The number of nitrogens with zero attached hydrogens (tertiary/aromatic N) is 3. The Hall–Kier alpha value is -0.850. The van der Waals surface area contributed by atoms with Gasteiger partial charge in [0, 0.05) is 52.3 Å². The van der Waals surface area contributed by atoms with Gasteiger partial charge in [0.2, 0.25) is 0 Å². The highest BCUT2D eigenvalue weighted by molar-refractivity contribution is 5.79. The van der Waals surface area contributed by atoms with Crippen molar-refractivity contribution >= 4 is 5.96 Å². The molecule has 0 radical (unpaired) electrons. The van der Waals surface area contributed by atoms with Crippen molar-refractivity contribution in [2.45, 2.75) is 26.2 Å². The van der Waals surface area contributed by atoms with Gasteiger partial charge in [0.25, 0.3) is 0 Å². The van der Waals surface area contributed by atoms with E-state index < -0.39 is 0 Å². The highest BCUT2D eigenvalue weighted by Gasteiger charge is 2.19. The molecule has 0 amide bonds. The van der Waals surface area contributed by atoms with Gasteiger partial charge in [-0.25, -0.2) is 0 Å². The van der Waals surface area contributed by atoms with Crippen molar-refractivity contribution in [2.24, 2.45) is 10.9 Å². The second-order valence-electron chi connectivity index (χ2n) is 6.51. The Morgan fingerprint density at radius 2 is 2.04 bits per heavy atom. The van der Waals surface area contributed by atoms with Crippen LogP contribution in [0.3, 0.4) is 0 Å². The normalized spacial score (nSPS) is 23.2. The van der Waals surface area contributed by atoms with E-state index in [0.717, 1.165) is 71.5 Å². The van der Waals surface area contributed by atoms with Gasteiger partial charge in [-0.15, -0.1) is 0 Å². The summed E-state index contributed by atoms with van der Waals surface area (Å²) in [7, 11) is 2.13. The summed E-state index contributed by atoms with van der Waals surface area (Å²) in [6, 6.07) is 0. The molecule has 0 aromatic rings. The largest absolute Gasteiger partial charge is 0.381 e. The Morgan fingerprint density at radius 1 is 1.22 bits per heavy atom. The molecule has 134 valence electrons. The van der Waals surface area contributed by atoms with Crippen molar-refractivity contribution in [2.75, 3.05) is 72.7 Å². The zero-order valence-electron chi connectivity index (χ0n) is 14.9. The smallest absolute Gasteiger partial charge is 0.193 e. The van der Waals surface area contributed by atoms with Crippen LogP contribution in [0.5, 0.6) is 0 Å². The first kappa shape index (κ1) is 18.5. The Kier molecular flexibility index (Phi) is 8.71. The maximum Gasteiger partial charge on any atom is 0.193 e. The van der Waals surface area contributed by atoms with Crippen molar-refractivity contribution in [3.63, 3.8) is 0 Å². The van der Waals surface area contributed by atoms with Gasteiger partial charge in [0.05, 0.1) is 19.8 Å². The van der Waals surface area contributed by atoms with E-state index in [4.69, 9.17) is 14.5 Å². The fourth-order valence-electron chi connectivity index (χ4n) is 3.13. The van der Waals surface area contributed by atoms with Gasteiger partial charge in [-0.3, -0.25) is 9.89 Å². The minimum absolute atomic E-state index is 0.644. The minimum atomic E-state index is 0.644. The molecule has 2 rings (SSSR count). The number of aliphatic imine (C=N–C) groups is 1.